The lowest BCUT2D eigenvalue weighted by atomic mass is 10.2. The van der Waals surface area contributed by atoms with Gasteiger partial charge in [0, 0.05) is 11.4 Å². The molecule has 1 N–H and O–H groups in total. The summed E-state index contributed by atoms with van der Waals surface area (Å²) in [5.41, 5.74) is 2.04. The lowest BCUT2D eigenvalue weighted by molar-refractivity contribution is 0.476. The molecule has 2 rings (SSSR count). The van der Waals surface area contributed by atoms with Crippen LogP contribution in [0.5, 0.6) is 5.75 Å². The van der Waals surface area contributed by atoms with Crippen LogP contribution in [0.3, 0.4) is 0 Å². The van der Waals surface area contributed by atoms with Crippen LogP contribution in [-0.4, -0.2) is 14.9 Å². The summed E-state index contributed by atoms with van der Waals surface area (Å²) in [5, 5.41) is 14.8. The Hall–Kier alpha value is -1.51. The van der Waals surface area contributed by atoms with Gasteiger partial charge in [0.05, 0.1) is 11.2 Å². The zero-order valence-electron chi connectivity index (χ0n) is 8.65. The molecule has 74 valence electrons. The maximum atomic E-state index is 9.37. The molecule has 3 nitrogen and oxygen atoms in total. The van der Waals surface area contributed by atoms with Gasteiger partial charge in [-0.25, -0.2) is 0 Å². The number of rotatable bonds is 1. The van der Waals surface area contributed by atoms with Crippen LogP contribution in [0.1, 0.15) is 25.6 Å². The summed E-state index contributed by atoms with van der Waals surface area (Å²) < 4.78 is 1.98. The minimum atomic E-state index is 0.295. The van der Waals surface area contributed by atoms with Crippen molar-refractivity contribution in [1.29, 1.82) is 0 Å². The number of aromatic hydroxyl groups is 1. The number of benzene rings is 1. The predicted molar refractivity (Wildman–Crippen MR) is 56.5 cm³/mol. The van der Waals surface area contributed by atoms with Crippen LogP contribution in [-0.2, 0) is 0 Å². The van der Waals surface area contributed by atoms with Gasteiger partial charge in [-0.3, -0.25) is 4.68 Å². The highest BCUT2D eigenvalue weighted by Crippen LogP contribution is 2.24. The first kappa shape index (κ1) is 9.06. The van der Waals surface area contributed by atoms with Gasteiger partial charge in [0.1, 0.15) is 5.75 Å². The van der Waals surface area contributed by atoms with Crippen LogP contribution < -0.4 is 0 Å². The quantitative estimate of drug-likeness (QED) is 0.750. The zero-order chi connectivity index (χ0) is 10.3. The number of aromatic nitrogens is 2. The van der Waals surface area contributed by atoms with Gasteiger partial charge in [0.2, 0.25) is 0 Å². The highest BCUT2D eigenvalue weighted by atomic mass is 16.3. The first-order valence-corrected chi connectivity index (χ1v) is 4.77. The van der Waals surface area contributed by atoms with Crippen molar-refractivity contribution in [1.82, 2.24) is 9.78 Å². The van der Waals surface area contributed by atoms with Crippen LogP contribution in [0.15, 0.2) is 18.2 Å². The monoisotopic (exact) mass is 190 g/mol. The topological polar surface area (TPSA) is 38.0 Å². The Labute approximate surface area is 83.0 Å². The van der Waals surface area contributed by atoms with Crippen molar-refractivity contribution >= 4 is 10.9 Å². The fourth-order valence-electron chi connectivity index (χ4n) is 1.68. The highest BCUT2D eigenvalue weighted by molar-refractivity contribution is 5.83. The summed E-state index contributed by atoms with van der Waals surface area (Å²) in [6, 6.07) is 5.71. The fourth-order valence-corrected chi connectivity index (χ4v) is 1.68. The molecule has 0 unspecified atom stereocenters. The SMILES string of the molecule is Cc1nn(C(C)C)c2ccc(O)cc12. The molecule has 0 bridgehead atoms. The fraction of sp³-hybridized carbons (Fsp3) is 0.364. The Kier molecular flexibility index (Phi) is 1.95. The third-order valence-electron chi connectivity index (χ3n) is 2.36. The van der Waals surface area contributed by atoms with Gasteiger partial charge in [0.15, 0.2) is 0 Å². The van der Waals surface area contributed by atoms with E-state index in [0.29, 0.717) is 11.8 Å². The van der Waals surface area contributed by atoms with E-state index in [1.54, 1.807) is 12.1 Å². The molecular formula is C11H14N2O. The van der Waals surface area contributed by atoms with E-state index in [1.807, 2.05) is 17.7 Å². The lowest BCUT2D eigenvalue weighted by Gasteiger charge is -2.06. The van der Waals surface area contributed by atoms with Gasteiger partial charge >= 0.3 is 0 Å². The summed E-state index contributed by atoms with van der Waals surface area (Å²) >= 11 is 0. The third-order valence-corrected chi connectivity index (χ3v) is 2.36. The van der Waals surface area contributed by atoms with E-state index in [4.69, 9.17) is 0 Å². The van der Waals surface area contributed by atoms with Crippen LogP contribution >= 0.6 is 0 Å². The average molecular weight is 190 g/mol. The molecule has 0 saturated heterocycles. The summed E-state index contributed by atoms with van der Waals surface area (Å²) in [6.07, 6.45) is 0. The van der Waals surface area contributed by atoms with Gasteiger partial charge in [0.25, 0.3) is 0 Å². The molecule has 0 fully saturated rings. The molecule has 0 radical (unpaired) electrons. The predicted octanol–water partition coefficient (Wildman–Crippen LogP) is 2.63. The van der Waals surface area contributed by atoms with E-state index in [0.717, 1.165) is 16.6 Å². The Morgan fingerprint density at radius 3 is 2.71 bits per heavy atom. The second-order valence-corrected chi connectivity index (χ2v) is 3.83. The number of aryl methyl sites for hydroxylation is 1. The number of fused-ring (bicyclic) bond motifs is 1. The average Bonchev–Trinajstić information content (AvgIpc) is 2.44. The normalized spacial score (nSPS) is 11.4. The standard InChI is InChI=1S/C11H14N2O/c1-7(2)13-11-5-4-9(14)6-10(11)8(3)12-13/h4-7,14H,1-3H3. The molecule has 1 heterocycles. The Bertz CT molecular complexity index is 471. The largest absolute Gasteiger partial charge is 0.508 e. The third kappa shape index (κ3) is 1.25. The first-order valence-electron chi connectivity index (χ1n) is 4.77. The summed E-state index contributed by atoms with van der Waals surface area (Å²) in [5.74, 6) is 0.295. The van der Waals surface area contributed by atoms with Crippen molar-refractivity contribution in [3.05, 3.63) is 23.9 Å². The molecular weight excluding hydrogens is 176 g/mol. The van der Waals surface area contributed by atoms with Gasteiger partial charge in [-0.1, -0.05) is 0 Å². The van der Waals surface area contributed by atoms with Crippen molar-refractivity contribution in [2.45, 2.75) is 26.8 Å². The molecule has 14 heavy (non-hydrogen) atoms. The highest BCUT2D eigenvalue weighted by Gasteiger charge is 2.09. The van der Waals surface area contributed by atoms with Gasteiger partial charge in [-0.15, -0.1) is 0 Å². The Balaban J connectivity index is 2.77. The molecule has 0 aliphatic heterocycles. The number of hydrogen-bond donors (Lipinski definition) is 1. The molecule has 3 heteroatoms. The minimum Gasteiger partial charge on any atom is -0.508 e. The Morgan fingerprint density at radius 1 is 1.36 bits per heavy atom. The van der Waals surface area contributed by atoms with Crippen LogP contribution in [0, 0.1) is 6.92 Å². The van der Waals surface area contributed by atoms with Gasteiger partial charge in [-0.05, 0) is 39.0 Å². The number of nitrogens with zero attached hydrogens (tertiary/aromatic N) is 2. The van der Waals surface area contributed by atoms with Crippen molar-refractivity contribution in [3.63, 3.8) is 0 Å². The first-order chi connectivity index (χ1) is 6.59. The molecule has 0 aliphatic carbocycles. The van der Waals surface area contributed by atoms with E-state index in [2.05, 4.69) is 18.9 Å². The second-order valence-electron chi connectivity index (χ2n) is 3.83. The molecule has 2 aromatic rings. The summed E-state index contributed by atoms with van der Waals surface area (Å²) in [6.45, 7) is 6.15. The summed E-state index contributed by atoms with van der Waals surface area (Å²) in [4.78, 5) is 0. The minimum absolute atomic E-state index is 0.295. The number of phenolic OH excluding ortho intramolecular Hbond substituents is 1. The van der Waals surface area contributed by atoms with E-state index >= 15 is 0 Å². The van der Waals surface area contributed by atoms with Crippen molar-refractivity contribution in [2.75, 3.05) is 0 Å². The zero-order valence-corrected chi connectivity index (χ0v) is 8.65. The van der Waals surface area contributed by atoms with Gasteiger partial charge in [-0.2, -0.15) is 5.10 Å². The Morgan fingerprint density at radius 2 is 2.07 bits per heavy atom. The molecule has 0 amide bonds. The molecule has 0 aliphatic rings. The van der Waals surface area contributed by atoms with Crippen molar-refractivity contribution in [3.8, 4) is 5.75 Å². The smallest absolute Gasteiger partial charge is 0.116 e. The molecule has 1 aromatic heterocycles. The van der Waals surface area contributed by atoms with Crippen molar-refractivity contribution in [2.24, 2.45) is 0 Å². The van der Waals surface area contributed by atoms with Crippen LogP contribution in [0.4, 0.5) is 0 Å². The number of hydrogen-bond acceptors (Lipinski definition) is 2. The maximum Gasteiger partial charge on any atom is 0.116 e. The molecule has 0 spiro atoms. The number of phenols is 1. The summed E-state index contributed by atoms with van der Waals surface area (Å²) in [7, 11) is 0. The molecule has 1 aromatic carbocycles. The van der Waals surface area contributed by atoms with Crippen LogP contribution in [0.2, 0.25) is 0 Å². The van der Waals surface area contributed by atoms with E-state index in [1.165, 1.54) is 0 Å². The second kappa shape index (κ2) is 3.01. The maximum absolute atomic E-state index is 9.37. The van der Waals surface area contributed by atoms with Crippen LogP contribution in [0.25, 0.3) is 10.9 Å². The van der Waals surface area contributed by atoms with Gasteiger partial charge < -0.3 is 5.11 Å². The lowest BCUT2D eigenvalue weighted by Crippen LogP contribution is -2.02. The van der Waals surface area contributed by atoms with E-state index in [9.17, 15) is 5.11 Å². The van der Waals surface area contributed by atoms with E-state index in [-0.39, 0.29) is 0 Å². The van der Waals surface area contributed by atoms with Crippen molar-refractivity contribution < 1.29 is 5.11 Å². The molecule has 0 atom stereocenters. The van der Waals surface area contributed by atoms with E-state index < -0.39 is 0 Å². The molecule has 0 saturated carbocycles.